The van der Waals surface area contributed by atoms with Crippen LogP contribution in [-0.2, 0) is 11.2 Å². The summed E-state index contributed by atoms with van der Waals surface area (Å²) < 4.78 is 0. The van der Waals surface area contributed by atoms with Crippen LogP contribution < -0.4 is 11.1 Å². The first-order valence-electron chi connectivity index (χ1n) is 7.83. The second-order valence-corrected chi connectivity index (χ2v) is 6.41. The molecule has 0 spiro atoms. The number of rotatable bonds is 9. The number of nitrogens with two attached hydrogens (primary N) is 1. The topological polar surface area (TPSA) is 72.2 Å². The molecule has 4 nitrogen and oxygen atoms in total. The van der Waals surface area contributed by atoms with E-state index in [-0.39, 0.29) is 11.7 Å². The number of carbonyl (C=O) groups excluding carboxylic acids is 2. The molecule has 0 radical (unpaired) electrons. The molecule has 1 amide bonds. The van der Waals surface area contributed by atoms with Gasteiger partial charge in [0.15, 0.2) is 0 Å². The van der Waals surface area contributed by atoms with Crippen molar-refractivity contribution in [1.82, 2.24) is 5.32 Å². The summed E-state index contributed by atoms with van der Waals surface area (Å²) in [4.78, 5) is 24.4. The number of hydrogen-bond donors (Lipinski definition) is 2. The van der Waals surface area contributed by atoms with Crippen molar-refractivity contribution in [2.24, 2.45) is 0 Å². The number of thiophene rings is 1. The monoisotopic (exact) mass is 330 g/mol. The Morgan fingerprint density at radius 3 is 2.61 bits per heavy atom. The van der Waals surface area contributed by atoms with E-state index in [2.05, 4.69) is 5.32 Å². The van der Waals surface area contributed by atoms with Gasteiger partial charge in [-0.2, -0.15) is 0 Å². The molecule has 1 heterocycles. The van der Waals surface area contributed by atoms with E-state index in [0.717, 1.165) is 29.7 Å². The first kappa shape index (κ1) is 17.2. The van der Waals surface area contributed by atoms with Gasteiger partial charge in [0.05, 0.1) is 4.88 Å². The van der Waals surface area contributed by atoms with Crippen LogP contribution in [0.3, 0.4) is 0 Å². The quantitative estimate of drug-likeness (QED) is 0.546. The number of nitrogens with one attached hydrogen (secondary N) is 1. The van der Waals surface area contributed by atoms with Crippen molar-refractivity contribution < 1.29 is 9.59 Å². The van der Waals surface area contributed by atoms with Crippen molar-refractivity contribution in [1.29, 1.82) is 0 Å². The lowest BCUT2D eigenvalue weighted by Gasteiger charge is -2.05. The number of unbranched alkanes of at least 4 members (excludes halogenated alkanes) is 2. The Morgan fingerprint density at radius 1 is 1.04 bits per heavy atom. The van der Waals surface area contributed by atoms with Gasteiger partial charge in [0.1, 0.15) is 5.78 Å². The van der Waals surface area contributed by atoms with Gasteiger partial charge < -0.3 is 11.1 Å². The minimum Gasteiger partial charge on any atom is -0.398 e. The SMILES string of the molecule is Nc1ccccc1CC(=O)CCCCCNC(=O)c1cccs1. The van der Waals surface area contributed by atoms with Crippen LogP contribution in [-0.4, -0.2) is 18.2 Å². The maximum absolute atomic E-state index is 11.9. The lowest BCUT2D eigenvalue weighted by molar-refractivity contribution is -0.118. The summed E-state index contributed by atoms with van der Waals surface area (Å²) in [6.45, 7) is 0.649. The fourth-order valence-corrected chi connectivity index (χ4v) is 2.96. The second kappa shape index (κ2) is 9.10. The number of para-hydroxylation sites is 1. The van der Waals surface area contributed by atoms with Crippen molar-refractivity contribution in [3.8, 4) is 0 Å². The van der Waals surface area contributed by atoms with Gasteiger partial charge in [0.25, 0.3) is 5.91 Å². The number of ketones is 1. The number of benzene rings is 1. The maximum Gasteiger partial charge on any atom is 0.261 e. The molecule has 0 saturated carbocycles. The third-order valence-electron chi connectivity index (χ3n) is 3.61. The summed E-state index contributed by atoms with van der Waals surface area (Å²) in [5, 5.41) is 4.78. The molecule has 0 saturated heterocycles. The van der Waals surface area contributed by atoms with Crippen molar-refractivity contribution in [3.05, 3.63) is 52.2 Å². The van der Waals surface area contributed by atoms with E-state index < -0.39 is 0 Å². The van der Waals surface area contributed by atoms with Gasteiger partial charge in [-0.3, -0.25) is 9.59 Å². The highest BCUT2D eigenvalue weighted by Gasteiger charge is 2.07. The Labute approximate surface area is 140 Å². The molecule has 0 bridgehead atoms. The maximum atomic E-state index is 11.9. The van der Waals surface area contributed by atoms with Crippen molar-refractivity contribution in [2.75, 3.05) is 12.3 Å². The van der Waals surface area contributed by atoms with Crippen LogP contribution >= 0.6 is 11.3 Å². The molecule has 5 heteroatoms. The molecule has 2 aromatic rings. The minimum atomic E-state index is -0.0179. The second-order valence-electron chi connectivity index (χ2n) is 5.46. The molecular weight excluding hydrogens is 308 g/mol. The van der Waals surface area contributed by atoms with E-state index in [4.69, 9.17) is 5.73 Å². The van der Waals surface area contributed by atoms with Crippen LogP contribution in [0.25, 0.3) is 0 Å². The molecule has 122 valence electrons. The normalized spacial score (nSPS) is 10.4. The van der Waals surface area contributed by atoms with Gasteiger partial charge in [-0.25, -0.2) is 0 Å². The highest BCUT2D eigenvalue weighted by Crippen LogP contribution is 2.13. The first-order valence-corrected chi connectivity index (χ1v) is 8.71. The summed E-state index contributed by atoms with van der Waals surface area (Å²) in [6, 6.07) is 11.2. The standard InChI is InChI=1S/C18H22N2O2S/c19-16-9-4-3-7-14(16)13-15(21)8-2-1-5-11-20-18(22)17-10-6-12-23-17/h3-4,6-7,9-10,12H,1-2,5,8,11,13,19H2,(H,20,22). The number of carbonyl (C=O) groups is 2. The lowest BCUT2D eigenvalue weighted by Crippen LogP contribution is -2.23. The smallest absolute Gasteiger partial charge is 0.261 e. The van der Waals surface area contributed by atoms with Crippen LogP contribution in [0.2, 0.25) is 0 Å². The van der Waals surface area contributed by atoms with E-state index in [1.807, 2.05) is 41.8 Å². The molecule has 0 unspecified atom stereocenters. The molecule has 3 N–H and O–H groups in total. The molecule has 0 atom stereocenters. The van der Waals surface area contributed by atoms with Gasteiger partial charge in [0.2, 0.25) is 0 Å². The summed E-state index contributed by atoms with van der Waals surface area (Å²) >= 11 is 1.44. The molecule has 0 fully saturated rings. The number of anilines is 1. The van der Waals surface area contributed by atoms with E-state index in [0.29, 0.717) is 25.1 Å². The average molecular weight is 330 g/mol. The van der Waals surface area contributed by atoms with Gasteiger partial charge in [-0.15, -0.1) is 11.3 Å². The molecule has 1 aromatic carbocycles. The Kier molecular flexibility index (Phi) is 6.81. The third kappa shape index (κ3) is 5.87. The van der Waals surface area contributed by atoms with Crippen LogP contribution in [0.4, 0.5) is 5.69 Å². The van der Waals surface area contributed by atoms with E-state index in [1.165, 1.54) is 11.3 Å². The molecular formula is C18H22N2O2S. The average Bonchev–Trinajstić information content (AvgIpc) is 3.07. The Morgan fingerprint density at radius 2 is 1.87 bits per heavy atom. The highest BCUT2D eigenvalue weighted by atomic mass is 32.1. The number of nitrogen functional groups attached to an aromatic ring is 1. The summed E-state index contributed by atoms with van der Waals surface area (Å²) in [7, 11) is 0. The fourth-order valence-electron chi connectivity index (χ4n) is 2.32. The summed E-state index contributed by atoms with van der Waals surface area (Å²) in [5.41, 5.74) is 7.42. The van der Waals surface area contributed by atoms with Gasteiger partial charge >= 0.3 is 0 Å². The largest absolute Gasteiger partial charge is 0.398 e. The zero-order valence-electron chi connectivity index (χ0n) is 13.1. The van der Waals surface area contributed by atoms with Crippen LogP contribution in [0.15, 0.2) is 41.8 Å². The Hall–Kier alpha value is -2.14. The van der Waals surface area contributed by atoms with Gasteiger partial charge in [-0.1, -0.05) is 30.7 Å². The Balaban J connectivity index is 1.56. The number of amides is 1. The summed E-state index contributed by atoms with van der Waals surface area (Å²) in [6.07, 6.45) is 3.63. The zero-order chi connectivity index (χ0) is 16.5. The molecule has 1 aromatic heterocycles. The predicted molar refractivity (Wildman–Crippen MR) is 94.7 cm³/mol. The van der Waals surface area contributed by atoms with E-state index >= 15 is 0 Å². The first-order chi connectivity index (χ1) is 11.2. The highest BCUT2D eigenvalue weighted by molar-refractivity contribution is 7.12. The van der Waals surface area contributed by atoms with Crippen molar-refractivity contribution >= 4 is 28.7 Å². The van der Waals surface area contributed by atoms with E-state index in [9.17, 15) is 9.59 Å². The molecule has 0 aliphatic heterocycles. The lowest BCUT2D eigenvalue weighted by atomic mass is 10.0. The molecule has 2 rings (SSSR count). The zero-order valence-corrected chi connectivity index (χ0v) is 13.9. The Bertz CT molecular complexity index is 638. The number of hydrogen-bond acceptors (Lipinski definition) is 4. The fraction of sp³-hybridized carbons (Fsp3) is 0.333. The van der Waals surface area contributed by atoms with Gasteiger partial charge in [0, 0.05) is 25.1 Å². The van der Waals surface area contributed by atoms with Crippen LogP contribution in [0.1, 0.15) is 40.9 Å². The minimum absolute atomic E-state index is 0.0179. The van der Waals surface area contributed by atoms with Crippen molar-refractivity contribution in [3.63, 3.8) is 0 Å². The number of Topliss-reactive ketones (excluding diaryl/α,β-unsaturated/α-hetero) is 1. The summed E-state index contributed by atoms with van der Waals surface area (Å²) in [5.74, 6) is 0.196. The van der Waals surface area contributed by atoms with Crippen LogP contribution in [0.5, 0.6) is 0 Å². The molecule has 23 heavy (non-hydrogen) atoms. The van der Waals surface area contributed by atoms with E-state index in [1.54, 1.807) is 0 Å². The predicted octanol–water partition coefficient (Wildman–Crippen LogP) is 3.43. The molecule has 0 aliphatic carbocycles. The molecule has 0 aliphatic rings. The van der Waals surface area contributed by atoms with Crippen molar-refractivity contribution in [2.45, 2.75) is 32.1 Å². The van der Waals surface area contributed by atoms with Gasteiger partial charge in [-0.05, 0) is 35.9 Å². The van der Waals surface area contributed by atoms with Crippen LogP contribution in [0, 0.1) is 0 Å². The third-order valence-corrected chi connectivity index (χ3v) is 4.47.